The first-order valence-corrected chi connectivity index (χ1v) is 7.96. The molecule has 1 rings (SSSR count). The van der Waals surface area contributed by atoms with Crippen LogP contribution in [-0.4, -0.2) is 38.0 Å². The molecule has 3 N–H and O–H groups in total. The normalized spacial score (nSPS) is 21.7. The average Bonchev–Trinajstić information content (AvgIpc) is 2.13. The standard InChI is InChI=1S/C11H23N3O2S/c1-4-9(2)14-10(12)13-8-11(6-5-7-11)17(3,15)16/h9H,4-8H2,1-3H3,(H3,12,13,14). The Labute approximate surface area is 104 Å². The Morgan fingerprint density at radius 3 is 2.47 bits per heavy atom. The van der Waals surface area contributed by atoms with Crippen molar-refractivity contribution >= 4 is 15.8 Å². The maximum atomic E-state index is 11.7. The Balaban J connectivity index is 2.62. The fourth-order valence-electron chi connectivity index (χ4n) is 1.85. The molecule has 0 aromatic carbocycles. The lowest BCUT2D eigenvalue weighted by Gasteiger charge is -2.38. The molecule has 5 nitrogen and oxygen atoms in total. The summed E-state index contributed by atoms with van der Waals surface area (Å²) >= 11 is 0. The lowest BCUT2D eigenvalue weighted by Crippen LogP contribution is -2.48. The summed E-state index contributed by atoms with van der Waals surface area (Å²) in [5.41, 5.74) is 5.72. The van der Waals surface area contributed by atoms with Gasteiger partial charge in [-0.05, 0) is 26.2 Å². The molecule has 0 amide bonds. The maximum absolute atomic E-state index is 11.7. The number of aliphatic imine (C=N–C) groups is 1. The first-order chi connectivity index (χ1) is 7.81. The van der Waals surface area contributed by atoms with Gasteiger partial charge in [0.1, 0.15) is 0 Å². The summed E-state index contributed by atoms with van der Waals surface area (Å²) in [5, 5.41) is 3.03. The van der Waals surface area contributed by atoms with E-state index in [2.05, 4.69) is 17.2 Å². The molecule has 0 aromatic rings. The largest absolute Gasteiger partial charge is 0.370 e. The van der Waals surface area contributed by atoms with Gasteiger partial charge in [-0.25, -0.2) is 8.42 Å². The number of nitrogens with two attached hydrogens (primary N) is 1. The summed E-state index contributed by atoms with van der Waals surface area (Å²) in [6.07, 6.45) is 4.60. The molecule has 100 valence electrons. The van der Waals surface area contributed by atoms with E-state index in [1.54, 1.807) is 0 Å². The molecule has 1 aliphatic rings. The van der Waals surface area contributed by atoms with Crippen LogP contribution < -0.4 is 11.1 Å². The molecule has 0 heterocycles. The molecule has 6 heteroatoms. The minimum atomic E-state index is -3.05. The zero-order valence-electron chi connectivity index (χ0n) is 10.9. The molecule has 0 bridgehead atoms. The van der Waals surface area contributed by atoms with Crippen LogP contribution in [0.25, 0.3) is 0 Å². The maximum Gasteiger partial charge on any atom is 0.188 e. The quantitative estimate of drug-likeness (QED) is 0.562. The Hall–Kier alpha value is -0.780. The van der Waals surface area contributed by atoms with Gasteiger partial charge >= 0.3 is 0 Å². The van der Waals surface area contributed by atoms with Gasteiger partial charge in [-0.3, -0.25) is 4.99 Å². The highest BCUT2D eigenvalue weighted by molar-refractivity contribution is 7.92. The Morgan fingerprint density at radius 2 is 2.12 bits per heavy atom. The number of nitrogens with zero attached hydrogens (tertiary/aromatic N) is 1. The SMILES string of the molecule is CCC(C)NC(N)=NCC1(S(C)(=O)=O)CCC1. The van der Waals surface area contributed by atoms with E-state index in [4.69, 9.17) is 5.73 Å². The van der Waals surface area contributed by atoms with Gasteiger partial charge in [-0.1, -0.05) is 13.3 Å². The van der Waals surface area contributed by atoms with Crippen LogP contribution in [0.1, 0.15) is 39.5 Å². The van der Waals surface area contributed by atoms with Crippen molar-refractivity contribution in [1.82, 2.24) is 5.32 Å². The highest BCUT2D eigenvalue weighted by atomic mass is 32.2. The van der Waals surface area contributed by atoms with Gasteiger partial charge in [-0.15, -0.1) is 0 Å². The summed E-state index contributed by atoms with van der Waals surface area (Å²) in [4.78, 5) is 4.18. The van der Waals surface area contributed by atoms with Crippen molar-refractivity contribution in [3.05, 3.63) is 0 Å². The van der Waals surface area contributed by atoms with Crippen LogP contribution in [0, 0.1) is 0 Å². The summed E-state index contributed by atoms with van der Waals surface area (Å²) in [6, 6.07) is 0.259. The molecule has 1 atom stereocenters. The van der Waals surface area contributed by atoms with Crippen molar-refractivity contribution in [2.75, 3.05) is 12.8 Å². The van der Waals surface area contributed by atoms with Gasteiger partial charge < -0.3 is 11.1 Å². The number of sulfone groups is 1. The summed E-state index contributed by atoms with van der Waals surface area (Å²) in [7, 11) is -3.05. The van der Waals surface area contributed by atoms with Crippen molar-refractivity contribution in [3.8, 4) is 0 Å². The smallest absolute Gasteiger partial charge is 0.188 e. The first kappa shape index (κ1) is 14.3. The van der Waals surface area contributed by atoms with E-state index >= 15 is 0 Å². The second kappa shape index (κ2) is 5.25. The third kappa shape index (κ3) is 3.34. The Bertz CT molecular complexity index is 386. The lowest BCUT2D eigenvalue weighted by atomic mass is 9.84. The topological polar surface area (TPSA) is 84.5 Å². The molecule has 1 aliphatic carbocycles. The molecule has 0 radical (unpaired) electrons. The number of guanidine groups is 1. The number of hydrogen-bond donors (Lipinski definition) is 2. The van der Waals surface area contributed by atoms with Crippen LogP contribution in [0.5, 0.6) is 0 Å². The first-order valence-electron chi connectivity index (χ1n) is 6.07. The zero-order chi connectivity index (χ0) is 13.1. The van der Waals surface area contributed by atoms with E-state index in [1.165, 1.54) is 6.26 Å². The third-order valence-electron chi connectivity index (χ3n) is 3.60. The second-order valence-electron chi connectivity index (χ2n) is 4.96. The van der Waals surface area contributed by atoms with Crippen LogP contribution >= 0.6 is 0 Å². The molecule has 17 heavy (non-hydrogen) atoms. The fraction of sp³-hybridized carbons (Fsp3) is 0.909. The van der Waals surface area contributed by atoms with E-state index in [0.29, 0.717) is 18.8 Å². The molecule has 0 spiro atoms. The van der Waals surface area contributed by atoms with Crippen LogP contribution in [0.4, 0.5) is 0 Å². The minimum Gasteiger partial charge on any atom is -0.370 e. The highest BCUT2D eigenvalue weighted by Crippen LogP contribution is 2.39. The molecule has 1 saturated carbocycles. The Morgan fingerprint density at radius 1 is 1.53 bits per heavy atom. The van der Waals surface area contributed by atoms with Crippen molar-refractivity contribution in [2.45, 2.75) is 50.3 Å². The van der Waals surface area contributed by atoms with E-state index in [9.17, 15) is 8.42 Å². The molecular weight excluding hydrogens is 238 g/mol. The van der Waals surface area contributed by atoms with Gasteiger partial charge in [0, 0.05) is 12.3 Å². The predicted octanol–water partition coefficient (Wildman–Crippen LogP) is 0.657. The number of rotatable bonds is 5. The van der Waals surface area contributed by atoms with Gasteiger partial charge in [-0.2, -0.15) is 0 Å². The van der Waals surface area contributed by atoms with Gasteiger partial charge in [0.2, 0.25) is 0 Å². The van der Waals surface area contributed by atoms with Gasteiger partial charge in [0.25, 0.3) is 0 Å². The summed E-state index contributed by atoms with van der Waals surface area (Å²) < 4.78 is 22.7. The van der Waals surface area contributed by atoms with Crippen LogP contribution in [0.2, 0.25) is 0 Å². The molecule has 0 aromatic heterocycles. The van der Waals surface area contributed by atoms with Crippen molar-refractivity contribution in [3.63, 3.8) is 0 Å². The number of nitrogens with one attached hydrogen (secondary N) is 1. The van der Waals surface area contributed by atoms with E-state index in [-0.39, 0.29) is 12.6 Å². The molecular formula is C11H23N3O2S. The van der Waals surface area contributed by atoms with E-state index in [1.807, 2.05) is 6.92 Å². The third-order valence-corrected chi connectivity index (χ3v) is 5.71. The Kier molecular flexibility index (Phi) is 4.41. The molecule has 0 aliphatic heterocycles. The van der Waals surface area contributed by atoms with Gasteiger partial charge in [0.05, 0.1) is 11.3 Å². The van der Waals surface area contributed by atoms with Crippen molar-refractivity contribution in [2.24, 2.45) is 10.7 Å². The average molecular weight is 261 g/mol. The number of hydrogen-bond acceptors (Lipinski definition) is 3. The van der Waals surface area contributed by atoms with Crippen molar-refractivity contribution < 1.29 is 8.42 Å². The van der Waals surface area contributed by atoms with Crippen molar-refractivity contribution in [1.29, 1.82) is 0 Å². The summed E-state index contributed by atoms with van der Waals surface area (Å²) in [6.45, 7) is 4.34. The summed E-state index contributed by atoms with van der Waals surface area (Å²) in [5.74, 6) is 0.342. The molecule has 1 fully saturated rings. The van der Waals surface area contributed by atoms with Crippen LogP contribution in [0.3, 0.4) is 0 Å². The van der Waals surface area contributed by atoms with E-state index < -0.39 is 14.6 Å². The lowest BCUT2D eigenvalue weighted by molar-refractivity contribution is 0.346. The second-order valence-corrected chi connectivity index (χ2v) is 7.37. The monoisotopic (exact) mass is 261 g/mol. The molecule has 1 unspecified atom stereocenters. The van der Waals surface area contributed by atoms with Crippen LogP contribution in [0.15, 0.2) is 4.99 Å². The minimum absolute atomic E-state index is 0.259. The predicted molar refractivity (Wildman–Crippen MR) is 70.8 cm³/mol. The van der Waals surface area contributed by atoms with E-state index in [0.717, 1.165) is 12.8 Å². The van der Waals surface area contributed by atoms with Crippen LogP contribution in [-0.2, 0) is 9.84 Å². The highest BCUT2D eigenvalue weighted by Gasteiger charge is 2.46. The zero-order valence-corrected chi connectivity index (χ0v) is 11.7. The molecule has 0 saturated heterocycles. The fourth-order valence-corrected chi connectivity index (χ4v) is 3.18. The van der Waals surface area contributed by atoms with Gasteiger partial charge in [0.15, 0.2) is 15.8 Å².